The van der Waals surface area contributed by atoms with Crippen LogP contribution < -0.4 is 5.32 Å². The molecule has 0 fully saturated rings. The minimum absolute atomic E-state index is 0.161. The number of aliphatic hydroxyl groups is 1. The molecule has 0 saturated heterocycles. The van der Waals surface area contributed by atoms with Gasteiger partial charge in [-0.2, -0.15) is 5.10 Å². The molecule has 1 amide bonds. The van der Waals surface area contributed by atoms with E-state index in [1.54, 1.807) is 13.0 Å². The second-order valence-electron chi connectivity index (χ2n) is 4.93. The number of amides is 1. The van der Waals surface area contributed by atoms with Crippen molar-refractivity contribution in [1.29, 1.82) is 0 Å². The Bertz CT molecular complexity index is 374. The lowest BCUT2D eigenvalue weighted by molar-refractivity contribution is 0.0934. The maximum absolute atomic E-state index is 11.8. The molecule has 0 aliphatic rings. The maximum atomic E-state index is 11.8. The summed E-state index contributed by atoms with van der Waals surface area (Å²) in [5, 5.41) is 18.9. The van der Waals surface area contributed by atoms with Crippen molar-refractivity contribution in [2.24, 2.45) is 5.92 Å². The molecule has 5 heteroatoms. The second-order valence-corrected chi connectivity index (χ2v) is 4.93. The molecule has 0 spiro atoms. The van der Waals surface area contributed by atoms with Crippen LogP contribution in [-0.2, 0) is 6.42 Å². The van der Waals surface area contributed by atoms with E-state index in [1.807, 2.05) is 6.92 Å². The van der Waals surface area contributed by atoms with Gasteiger partial charge in [0.1, 0.15) is 5.69 Å². The highest BCUT2D eigenvalue weighted by Gasteiger charge is 2.12. The van der Waals surface area contributed by atoms with Crippen LogP contribution in [0.15, 0.2) is 6.07 Å². The Morgan fingerprint density at radius 2 is 2.28 bits per heavy atom. The van der Waals surface area contributed by atoms with Gasteiger partial charge in [-0.3, -0.25) is 9.89 Å². The molecular formula is C13H23N3O2. The first kappa shape index (κ1) is 14.7. The van der Waals surface area contributed by atoms with Crippen LogP contribution in [0.2, 0.25) is 0 Å². The molecule has 1 aromatic rings. The van der Waals surface area contributed by atoms with Crippen molar-refractivity contribution in [2.45, 2.75) is 46.1 Å². The first-order chi connectivity index (χ1) is 8.52. The summed E-state index contributed by atoms with van der Waals surface area (Å²) in [6.45, 7) is 6.39. The summed E-state index contributed by atoms with van der Waals surface area (Å²) in [7, 11) is 0. The Hall–Kier alpha value is -1.36. The molecule has 0 aromatic carbocycles. The van der Waals surface area contributed by atoms with Crippen molar-refractivity contribution in [2.75, 3.05) is 6.54 Å². The van der Waals surface area contributed by atoms with Crippen molar-refractivity contribution in [3.63, 3.8) is 0 Å². The minimum Gasteiger partial charge on any atom is -0.393 e. The summed E-state index contributed by atoms with van der Waals surface area (Å²) in [4.78, 5) is 11.8. The minimum atomic E-state index is -0.335. The summed E-state index contributed by atoms with van der Waals surface area (Å²) in [6.07, 6.45) is 2.27. The number of aromatic amines is 1. The number of rotatable bonds is 7. The molecule has 0 saturated carbocycles. The van der Waals surface area contributed by atoms with Gasteiger partial charge in [0.2, 0.25) is 0 Å². The number of aromatic nitrogens is 2. The zero-order chi connectivity index (χ0) is 13.5. The summed E-state index contributed by atoms with van der Waals surface area (Å²) >= 11 is 0. The molecule has 102 valence electrons. The summed E-state index contributed by atoms with van der Waals surface area (Å²) in [5.41, 5.74) is 1.42. The fourth-order valence-corrected chi connectivity index (χ4v) is 1.90. The molecule has 0 bridgehead atoms. The fraction of sp³-hybridized carbons (Fsp3) is 0.692. The highest BCUT2D eigenvalue weighted by Crippen LogP contribution is 2.05. The van der Waals surface area contributed by atoms with Gasteiger partial charge in [0.25, 0.3) is 5.91 Å². The topological polar surface area (TPSA) is 78.0 Å². The average molecular weight is 253 g/mol. The number of carbonyl (C=O) groups is 1. The SMILES string of the molecule is CCCc1cc(C(=O)NCC(C)CC(C)O)n[nH]1. The lowest BCUT2D eigenvalue weighted by Gasteiger charge is -2.13. The Balaban J connectivity index is 2.40. The Labute approximate surface area is 108 Å². The fourth-order valence-electron chi connectivity index (χ4n) is 1.90. The lowest BCUT2D eigenvalue weighted by atomic mass is 10.0. The molecule has 5 nitrogen and oxygen atoms in total. The van der Waals surface area contributed by atoms with Crippen molar-refractivity contribution in [1.82, 2.24) is 15.5 Å². The highest BCUT2D eigenvalue weighted by atomic mass is 16.3. The second kappa shape index (κ2) is 7.16. The molecule has 2 atom stereocenters. The van der Waals surface area contributed by atoms with Gasteiger partial charge < -0.3 is 10.4 Å². The Kier molecular flexibility index (Phi) is 5.85. The highest BCUT2D eigenvalue weighted by molar-refractivity contribution is 5.92. The van der Waals surface area contributed by atoms with E-state index in [0.29, 0.717) is 18.7 Å². The molecule has 1 heterocycles. The molecule has 0 aliphatic carbocycles. The maximum Gasteiger partial charge on any atom is 0.271 e. The van der Waals surface area contributed by atoms with E-state index < -0.39 is 0 Å². The normalized spacial score (nSPS) is 14.2. The summed E-state index contributed by atoms with van der Waals surface area (Å²) in [6, 6.07) is 1.79. The number of H-pyrrole nitrogens is 1. The molecule has 1 rings (SSSR count). The standard InChI is InChI=1S/C13H23N3O2/c1-4-5-11-7-12(16-15-11)13(18)14-8-9(2)6-10(3)17/h7,9-10,17H,4-6,8H2,1-3H3,(H,14,18)(H,15,16). The zero-order valence-electron chi connectivity index (χ0n) is 11.4. The van der Waals surface area contributed by atoms with E-state index in [-0.39, 0.29) is 17.9 Å². The van der Waals surface area contributed by atoms with Crippen molar-refractivity contribution in [3.8, 4) is 0 Å². The first-order valence-corrected chi connectivity index (χ1v) is 6.53. The number of aliphatic hydroxyl groups excluding tert-OH is 1. The lowest BCUT2D eigenvalue weighted by Crippen LogP contribution is -2.29. The van der Waals surface area contributed by atoms with Gasteiger partial charge in [0.15, 0.2) is 0 Å². The number of aryl methyl sites for hydroxylation is 1. The molecule has 0 aliphatic heterocycles. The van der Waals surface area contributed by atoms with Crippen molar-refractivity contribution in [3.05, 3.63) is 17.5 Å². The number of hydrogen-bond acceptors (Lipinski definition) is 3. The van der Waals surface area contributed by atoms with Crippen LogP contribution in [0.5, 0.6) is 0 Å². The van der Waals surface area contributed by atoms with Gasteiger partial charge in [-0.05, 0) is 31.7 Å². The third-order valence-electron chi connectivity index (χ3n) is 2.74. The van der Waals surface area contributed by atoms with E-state index in [2.05, 4.69) is 22.4 Å². The van der Waals surface area contributed by atoms with E-state index in [1.165, 1.54) is 0 Å². The summed E-state index contributed by atoms with van der Waals surface area (Å²) < 4.78 is 0. The Morgan fingerprint density at radius 1 is 1.56 bits per heavy atom. The van der Waals surface area contributed by atoms with Crippen LogP contribution in [0.25, 0.3) is 0 Å². The van der Waals surface area contributed by atoms with E-state index in [0.717, 1.165) is 18.5 Å². The van der Waals surface area contributed by atoms with Crippen LogP contribution >= 0.6 is 0 Å². The first-order valence-electron chi connectivity index (χ1n) is 6.53. The van der Waals surface area contributed by atoms with Gasteiger partial charge in [-0.25, -0.2) is 0 Å². The predicted octanol–water partition coefficient (Wildman–Crippen LogP) is 1.50. The van der Waals surface area contributed by atoms with Gasteiger partial charge in [0.05, 0.1) is 6.10 Å². The van der Waals surface area contributed by atoms with Gasteiger partial charge in [-0.1, -0.05) is 20.3 Å². The quantitative estimate of drug-likeness (QED) is 0.689. The zero-order valence-corrected chi connectivity index (χ0v) is 11.4. The smallest absolute Gasteiger partial charge is 0.271 e. The van der Waals surface area contributed by atoms with Crippen LogP contribution in [-0.4, -0.2) is 33.9 Å². The number of nitrogens with zero attached hydrogens (tertiary/aromatic N) is 1. The monoisotopic (exact) mass is 253 g/mol. The molecule has 1 aromatic heterocycles. The van der Waals surface area contributed by atoms with Crippen LogP contribution in [0, 0.1) is 5.92 Å². The van der Waals surface area contributed by atoms with Crippen LogP contribution in [0.3, 0.4) is 0 Å². The van der Waals surface area contributed by atoms with Crippen molar-refractivity contribution >= 4 is 5.91 Å². The van der Waals surface area contributed by atoms with E-state index >= 15 is 0 Å². The molecular weight excluding hydrogens is 230 g/mol. The van der Waals surface area contributed by atoms with Gasteiger partial charge >= 0.3 is 0 Å². The van der Waals surface area contributed by atoms with Crippen molar-refractivity contribution < 1.29 is 9.90 Å². The van der Waals surface area contributed by atoms with Gasteiger partial charge in [0, 0.05) is 12.2 Å². The Morgan fingerprint density at radius 3 is 2.89 bits per heavy atom. The van der Waals surface area contributed by atoms with Crippen LogP contribution in [0.1, 0.15) is 49.8 Å². The number of carbonyl (C=O) groups excluding carboxylic acids is 1. The molecule has 2 unspecified atom stereocenters. The molecule has 0 radical (unpaired) electrons. The molecule has 3 N–H and O–H groups in total. The third kappa shape index (κ3) is 4.87. The largest absolute Gasteiger partial charge is 0.393 e. The number of nitrogens with one attached hydrogen (secondary N) is 2. The van der Waals surface area contributed by atoms with Gasteiger partial charge in [-0.15, -0.1) is 0 Å². The number of hydrogen-bond donors (Lipinski definition) is 3. The van der Waals surface area contributed by atoms with E-state index in [4.69, 9.17) is 0 Å². The average Bonchev–Trinajstić information content (AvgIpc) is 2.74. The summed E-state index contributed by atoms with van der Waals surface area (Å²) in [5.74, 6) is 0.0917. The predicted molar refractivity (Wildman–Crippen MR) is 70.4 cm³/mol. The molecule has 18 heavy (non-hydrogen) atoms. The van der Waals surface area contributed by atoms with Crippen LogP contribution in [0.4, 0.5) is 0 Å². The third-order valence-corrected chi connectivity index (χ3v) is 2.74. The van der Waals surface area contributed by atoms with E-state index in [9.17, 15) is 9.90 Å².